The second-order valence-corrected chi connectivity index (χ2v) is 5.82. The molecule has 0 atom stereocenters. The van der Waals surface area contributed by atoms with Crippen LogP contribution in [-0.4, -0.2) is 29.2 Å². The van der Waals surface area contributed by atoms with Gasteiger partial charge in [-0.05, 0) is 19.1 Å². The maximum atomic E-state index is 6.09. The molecule has 2 rings (SSSR count). The largest absolute Gasteiger partial charge is 0.481 e. The highest BCUT2D eigenvalue weighted by molar-refractivity contribution is 14.0. The van der Waals surface area contributed by atoms with E-state index >= 15 is 0 Å². The molecule has 25 heavy (non-hydrogen) atoms. The van der Waals surface area contributed by atoms with Gasteiger partial charge in [-0.25, -0.2) is 9.98 Å². The van der Waals surface area contributed by atoms with Crippen molar-refractivity contribution in [1.29, 1.82) is 0 Å². The van der Waals surface area contributed by atoms with Crippen LogP contribution in [0.5, 0.6) is 5.88 Å². The third-order valence-corrected chi connectivity index (χ3v) is 4.29. The molecule has 0 aliphatic heterocycles. The molecule has 0 aliphatic rings. The highest BCUT2D eigenvalue weighted by atomic mass is 127. The van der Waals surface area contributed by atoms with E-state index in [0.717, 1.165) is 17.8 Å². The molecule has 9 heteroatoms. The molecule has 0 fully saturated rings. The van der Waals surface area contributed by atoms with Crippen molar-refractivity contribution in [3.8, 4) is 5.88 Å². The maximum Gasteiger partial charge on any atom is 0.218 e. The summed E-state index contributed by atoms with van der Waals surface area (Å²) in [5.41, 5.74) is 1.89. The van der Waals surface area contributed by atoms with E-state index in [1.54, 1.807) is 13.3 Å². The third-order valence-electron chi connectivity index (χ3n) is 3.45. The van der Waals surface area contributed by atoms with Crippen molar-refractivity contribution < 1.29 is 4.74 Å². The molecule has 0 saturated heterocycles. The van der Waals surface area contributed by atoms with Crippen molar-refractivity contribution >= 4 is 53.1 Å². The molecule has 138 valence electrons. The highest BCUT2D eigenvalue weighted by Gasteiger charge is 2.09. The summed E-state index contributed by atoms with van der Waals surface area (Å²) < 4.78 is 7.08. The number of pyridine rings is 1. The first-order valence-electron chi connectivity index (χ1n) is 7.56. The number of hydrogen-bond acceptors (Lipinski definition) is 3. The lowest BCUT2D eigenvalue weighted by molar-refractivity contribution is 0.392. The predicted molar refractivity (Wildman–Crippen MR) is 113 cm³/mol. The van der Waals surface area contributed by atoms with E-state index in [1.807, 2.05) is 36.7 Å². The van der Waals surface area contributed by atoms with E-state index in [0.29, 0.717) is 35.1 Å². The van der Waals surface area contributed by atoms with Gasteiger partial charge in [-0.2, -0.15) is 0 Å². The number of halogens is 3. The molecule has 0 saturated carbocycles. The van der Waals surface area contributed by atoms with E-state index in [9.17, 15) is 0 Å². The van der Waals surface area contributed by atoms with Crippen LogP contribution in [0.1, 0.15) is 18.2 Å². The summed E-state index contributed by atoms with van der Waals surface area (Å²) >= 11 is 12.1. The number of aromatic nitrogens is 2. The molecular weight excluding hydrogens is 476 g/mol. The van der Waals surface area contributed by atoms with Crippen LogP contribution in [-0.2, 0) is 20.1 Å². The van der Waals surface area contributed by atoms with Gasteiger partial charge < -0.3 is 19.9 Å². The average molecular weight is 498 g/mol. The van der Waals surface area contributed by atoms with Crippen LogP contribution in [0.25, 0.3) is 0 Å². The lowest BCUT2D eigenvalue weighted by atomic mass is 10.3. The Hall–Kier alpha value is -1.19. The summed E-state index contributed by atoms with van der Waals surface area (Å²) in [6.45, 7) is 3.78. The van der Waals surface area contributed by atoms with Gasteiger partial charge in [0.25, 0.3) is 0 Å². The Labute approximate surface area is 175 Å². The minimum absolute atomic E-state index is 0. The summed E-state index contributed by atoms with van der Waals surface area (Å²) in [5, 5.41) is 7.53. The number of hydrogen-bond donors (Lipinski definition) is 2. The Kier molecular flexibility index (Phi) is 9.37. The van der Waals surface area contributed by atoms with Crippen LogP contribution >= 0.6 is 47.2 Å². The maximum absolute atomic E-state index is 6.09. The van der Waals surface area contributed by atoms with Gasteiger partial charge >= 0.3 is 0 Å². The zero-order valence-electron chi connectivity index (χ0n) is 14.3. The van der Waals surface area contributed by atoms with Crippen LogP contribution in [0.15, 0.2) is 29.4 Å². The van der Waals surface area contributed by atoms with E-state index in [-0.39, 0.29) is 24.0 Å². The fourth-order valence-electron chi connectivity index (χ4n) is 2.17. The van der Waals surface area contributed by atoms with Crippen molar-refractivity contribution in [2.45, 2.75) is 20.0 Å². The summed E-state index contributed by atoms with van der Waals surface area (Å²) in [5.74, 6) is 1.27. The van der Waals surface area contributed by atoms with E-state index in [2.05, 4.69) is 20.6 Å². The van der Waals surface area contributed by atoms with Crippen LogP contribution in [0.4, 0.5) is 0 Å². The van der Waals surface area contributed by atoms with Gasteiger partial charge in [-0.3, -0.25) is 0 Å². The molecule has 0 bridgehead atoms. The van der Waals surface area contributed by atoms with E-state index < -0.39 is 0 Å². The predicted octanol–water partition coefficient (Wildman–Crippen LogP) is 3.61. The molecule has 0 spiro atoms. The summed E-state index contributed by atoms with van der Waals surface area (Å²) in [6.07, 6.45) is 1.69. The van der Waals surface area contributed by atoms with Gasteiger partial charge in [-0.1, -0.05) is 29.3 Å². The van der Waals surface area contributed by atoms with Crippen LogP contribution < -0.4 is 15.4 Å². The monoisotopic (exact) mass is 497 g/mol. The van der Waals surface area contributed by atoms with E-state index in [1.165, 1.54) is 0 Å². The first kappa shape index (κ1) is 21.9. The van der Waals surface area contributed by atoms with Crippen LogP contribution in [0.2, 0.25) is 10.2 Å². The van der Waals surface area contributed by atoms with Crippen LogP contribution in [0, 0.1) is 0 Å². The zero-order chi connectivity index (χ0) is 17.5. The van der Waals surface area contributed by atoms with Gasteiger partial charge in [-0.15, -0.1) is 24.0 Å². The summed E-state index contributed by atoms with van der Waals surface area (Å²) in [7, 11) is 3.47. The average Bonchev–Trinajstić information content (AvgIpc) is 2.84. The minimum atomic E-state index is 0. The minimum Gasteiger partial charge on any atom is -0.481 e. The lowest BCUT2D eigenvalue weighted by Gasteiger charge is -2.12. The fourth-order valence-corrected chi connectivity index (χ4v) is 2.58. The third kappa shape index (κ3) is 5.93. The molecule has 2 aromatic rings. The summed E-state index contributed by atoms with van der Waals surface area (Å²) in [4.78, 5) is 8.74. The molecule has 0 unspecified atom stereocenters. The molecule has 0 radical (unpaired) electrons. The molecule has 0 aromatic carbocycles. The van der Waals surface area contributed by atoms with Gasteiger partial charge in [0.05, 0.1) is 25.2 Å². The molecule has 2 aromatic heterocycles. The molecule has 0 aliphatic carbocycles. The second kappa shape index (κ2) is 10.7. The van der Waals surface area contributed by atoms with Gasteiger partial charge in [0.15, 0.2) is 5.96 Å². The zero-order valence-corrected chi connectivity index (χ0v) is 18.2. The number of ether oxygens (including phenoxy) is 1. The Morgan fingerprint density at radius 1 is 1.36 bits per heavy atom. The first-order valence-corrected chi connectivity index (χ1v) is 8.32. The Morgan fingerprint density at radius 2 is 2.12 bits per heavy atom. The SMILES string of the molecule is CCNC(=NCc1cccnc1OC)NCc1cc(Cl)c(Cl)n1C.I. The molecule has 0 amide bonds. The summed E-state index contributed by atoms with van der Waals surface area (Å²) in [6, 6.07) is 5.64. The topological polar surface area (TPSA) is 63.5 Å². The number of nitrogens with zero attached hydrogens (tertiary/aromatic N) is 3. The molecule has 6 nitrogen and oxygen atoms in total. The normalized spacial score (nSPS) is 11.0. The Bertz CT molecular complexity index is 721. The van der Waals surface area contributed by atoms with Crippen molar-refractivity contribution in [2.24, 2.45) is 12.0 Å². The van der Waals surface area contributed by atoms with Gasteiger partial charge in [0.1, 0.15) is 5.15 Å². The Morgan fingerprint density at radius 3 is 2.72 bits per heavy atom. The second-order valence-electron chi connectivity index (χ2n) is 5.05. The smallest absolute Gasteiger partial charge is 0.218 e. The van der Waals surface area contributed by atoms with Gasteiger partial charge in [0.2, 0.25) is 5.88 Å². The highest BCUT2D eigenvalue weighted by Crippen LogP contribution is 2.24. The van der Waals surface area contributed by atoms with Crippen molar-refractivity contribution in [2.75, 3.05) is 13.7 Å². The number of nitrogens with one attached hydrogen (secondary N) is 2. The molecule has 2 heterocycles. The molecular formula is C16H22Cl2IN5O. The number of rotatable bonds is 6. The van der Waals surface area contributed by atoms with Crippen molar-refractivity contribution in [1.82, 2.24) is 20.2 Å². The number of aliphatic imine (C=N–C) groups is 1. The van der Waals surface area contributed by atoms with Crippen molar-refractivity contribution in [3.05, 3.63) is 45.8 Å². The Balaban J connectivity index is 0.00000312. The molecule has 2 N–H and O–H groups in total. The number of methoxy groups -OCH3 is 1. The fraction of sp³-hybridized carbons (Fsp3) is 0.375. The standard InChI is InChI=1S/C16H21Cl2N5O.HI/c1-4-19-16(21-9-11-6-5-7-20-15(11)24-3)22-10-12-8-13(17)14(18)23(12)2;/h5-8H,4,9-10H2,1-3H3,(H2,19,21,22);1H. The number of guanidine groups is 1. The van der Waals surface area contributed by atoms with E-state index in [4.69, 9.17) is 27.9 Å². The van der Waals surface area contributed by atoms with Gasteiger partial charge in [0, 0.05) is 31.0 Å². The van der Waals surface area contributed by atoms with Crippen LogP contribution in [0.3, 0.4) is 0 Å². The van der Waals surface area contributed by atoms with Crippen molar-refractivity contribution in [3.63, 3.8) is 0 Å². The lowest BCUT2D eigenvalue weighted by Crippen LogP contribution is -2.37. The first-order chi connectivity index (χ1) is 11.6. The quantitative estimate of drug-likeness (QED) is 0.363.